The number of unbranched alkanes of at least 4 members (excludes halogenated alkanes) is 2. The van der Waals surface area contributed by atoms with Crippen LogP contribution >= 0.6 is 0 Å². The van der Waals surface area contributed by atoms with E-state index in [0.717, 1.165) is 17.9 Å². The molecule has 1 aromatic carbocycles. The van der Waals surface area contributed by atoms with Gasteiger partial charge in [0.05, 0.1) is 11.5 Å². The zero-order valence-corrected chi connectivity index (χ0v) is 19.0. The Morgan fingerprint density at radius 3 is 2.07 bits per heavy atom. The van der Waals surface area contributed by atoms with E-state index in [9.17, 15) is 4.79 Å². The molecule has 0 aliphatic heterocycles. The first-order valence-electron chi connectivity index (χ1n) is 10.6. The fraction of sp³-hybridized carbons (Fsp3) is 0.538. The molecule has 0 N–H and O–H groups in total. The highest BCUT2D eigenvalue weighted by Gasteiger charge is 2.37. The van der Waals surface area contributed by atoms with E-state index in [4.69, 9.17) is 4.74 Å². The fourth-order valence-electron chi connectivity index (χ4n) is 3.11. The predicted molar refractivity (Wildman–Crippen MR) is 119 cm³/mol. The lowest BCUT2D eigenvalue weighted by atomic mass is 9.82. The van der Waals surface area contributed by atoms with Crippen LogP contribution in [0.3, 0.4) is 0 Å². The lowest BCUT2D eigenvalue weighted by Gasteiger charge is -2.23. The van der Waals surface area contributed by atoms with Crippen LogP contribution in [-0.2, 0) is 14.9 Å². The number of rotatable bonds is 5. The third kappa shape index (κ3) is 6.36. The van der Waals surface area contributed by atoms with Gasteiger partial charge in [0.2, 0.25) is 0 Å². The topological polar surface area (TPSA) is 26.3 Å². The molecule has 2 aliphatic carbocycles. The van der Waals surface area contributed by atoms with E-state index < -0.39 is 5.60 Å². The smallest absolute Gasteiger partial charge is 0.335 e. The van der Waals surface area contributed by atoms with Gasteiger partial charge in [0.15, 0.2) is 0 Å². The van der Waals surface area contributed by atoms with Crippen LogP contribution in [0.2, 0.25) is 0 Å². The monoisotopic (exact) mass is 381 g/mol. The third-order valence-electron chi connectivity index (χ3n) is 4.71. The summed E-state index contributed by atoms with van der Waals surface area (Å²) in [5, 5.41) is 0. The van der Waals surface area contributed by atoms with Crippen LogP contribution in [0.1, 0.15) is 97.8 Å². The first-order valence-corrected chi connectivity index (χ1v) is 10.6. The van der Waals surface area contributed by atoms with Crippen LogP contribution in [0.25, 0.3) is 5.57 Å². The van der Waals surface area contributed by atoms with E-state index in [2.05, 4.69) is 58.9 Å². The van der Waals surface area contributed by atoms with Gasteiger partial charge >= 0.3 is 5.97 Å². The van der Waals surface area contributed by atoms with Crippen LogP contribution in [0.5, 0.6) is 0 Å². The Morgan fingerprint density at radius 1 is 1.04 bits per heavy atom. The van der Waals surface area contributed by atoms with Crippen molar-refractivity contribution in [3.63, 3.8) is 0 Å². The number of esters is 1. The number of hydrogen-bond donors (Lipinski definition) is 0. The quantitative estimate of drug-likeness (QED) is 0.505. The molecule has 28 heavy (non-hydrogen) atoms. The van der Waals surface area contributed by atoms with Crippen LogP contribution in [0.4, 0.5) is 0 Å². The second kappa shape index (κ2) is 8.68. The Morgan fingerprint density at radius 2 is 1.64 bits per heavy atom. The van der Waals surface area contributed by atoms with Gasteiger partial charge in [-0.2, -0.15) is 0 Å². The molecule has 0 amide bonds. The SMILES string of the molecule is CC(C)(C)OC(=O)C1=C[C]1c1ccc(C(C)(C)C)c(C2=CC2)c1.CCCCC. The Kier molecular flexibility index (Phi) is 6.96. The van der Waals surface area contributed by atoms with Crippen molar-refractivity contribution in [2.24, 2.45) is 0 Å². The van der Waals surface area contributed by atoms with Crippen molar-refractivity contribution in [3.8, 4) is 0 Å². The summed E-state index contributed by atoms with van der Waals surface area (Å²) in [5.41, 5.74) is 5.59. The highest BCUT2D eigenvalue weighted by Crippen LogP contribution is 2.44. The van der Waals surface area contributed by atoms with Crippen molar-refractivity contribution in [1.29, 1.82) is 0 Å². The molecule has 1 aromatic rings. The average Bonchev–Trinajstić information content (AvgIpc) is 3.46. The first-order chi connectivity index (χ1) is 13.0. The third-order valence-corrected chi connectivity index (χ3v) is 4.71. The predicted octanol–water partition coefficient (Wildman–Crippen LogP) is 7.17. The van der Waals surface area contributed by atoms with E-state index >= 15 is 0 Å². The zero-order valence-electron chi connectivity index (χ0n) is 19.0. The van der Waals surface area contributed by atoms with E-state index in [0.29, 0.717) is 5.57 Å². The summed E-state index contributed by atoms with van der Waals surface area (Å²) in [6.07, 6.45) is 9.33. The van der Waals surface area contributed by atoms with E-state index in [1.54, 1.807) is 0 Å². The lowest BCUT2D eigenvalue weighted by Crippen LogP contribution is -2.23. The van der Waals surface area contributed by atoms with Gasteiger partial charge in [0, 0.05) is 0 Å². The average molecular weight is 382 g/mol. The number of carbonyl (C=O) groups excluding carboxylic acids is 1. The van der Waals surface area contributed by atoms with Gasteiger partial charge in [-0.15, -0.1) is 0 Å². The van der Waals surface area contributed by atoms with Crippen LogP contribution in [0, 0.1) is 5.92 Å². The second-order valence-corrected chi connectivity index (χ2v) is 9.77. The van der Waals surface area contributed by atoms with Crippen molar-refractivity contribution in [2.45, 2.75) is 92.1 Å². The number of hydrogen-bond acceptors (Lipinski definition) is 2. The first kappa shape index (κ1) is 22.5. The van der Waals surface area contributed by atoms with E-state index in [1.165, 1.54) is 36.0 Å². The molecule has 0 heterocycles. The summed E-state index contributed by atoms with van der Waals surface area (Å²) in [6, 6.07) is 6.55. The van der Waals surface area contributed by atoms with Crippen molar-refractivity contribution in [2.75, 3.05) is 0 Å². The molecule has 0 unspecified atom stereocenters. The van der Waals surface area contributed by atoms with Crippen LogP contribution in [0.15, 0.2) is 35.9 Å². The molecular formula is C26H37O2. The number of carbonyl (C=O) groups is 1. The normalized spacial score (nSPS) is 15.9. The van der Waals surface area contributed by atoms with Gasteiger partial charge in [-0.05, 0) is 60.9 Å². The minimum absolute atomic E-state index is 0.118. The van der Waals surface area contributed by atoms with Crippen molar-refractivity contribution >= 4 is 11.5 Å². The van der Waals surface area contributed by atoms with Gasteiger partial charge in [-0.1, -0.05) is 78.2 Å². The highest BCUT2D eigenvalue weighted by atomic mass is 16.6. The van der Waals surface area contributed by atoms with Crippen molar-refractivity contribution < 1.29 is 9.53 Å². The van der Waals surface area contributed by atoms with Gasteiger partial charge in [0.25, 0.3) is 0 Å². The summed E-state index contributed by atoms with van der Waals surface area (Å²) in [5.74, 6) is 0.793. The number of ether oxygens (including phenoxy) is 1. The minimum Gasteiger partial charge on any atom is -0.457 e. The number of allylic oxidation sites excluding steroid dienone is 3. The summed E-state index contributed by atoms with van der Waals surface area (Å²) in [6.45, 7) is 16.8. The Labute approximate surface area is 172 Å². The minimum atomic E-state index is -0.453. The molecular weight excluding hydrogens is 344 g/mol. The molecule has 0 saturated heterocycles. The summed E-state index contributed by atoms with van der Waals surface area (Å²) >= 11 is 0. The van der Waals surface area contributed by atoms with Gasteiger partial charge in [0.1, 0.15) is 5.60 Å². The molecule has 0 bridgehead atoms. The second-order valence-electron chi connectivity index (χ2n) is 9.77. The molecule has 153 valence electrons. The highest BCUT2D eigenvalue weighted by molar-refractivity contribution is 6.02. The summed E-state index contributed by atoms with van der Waals surface area (Å²) in [4.78, 5) is 12.1. The molecule has 0 atom stereocenters. The maximum atomic E-state index is 12.1. The number of benzene rings is 1. The Hall–Kier alpha value is -1.83. The standard InChI is InChI=1S/C21H25O2.C5H12/c1-20(2,3)18-10-9-14(11-16(18)13-7-8-13)15-12-17(15)19(22)23-21(4,5)6;1-3-5-4-2/h7,9-12H,8H2,1-6H3;3-5H2,1-2H3. The van der Waals surface area contributed by atoms with Crippen molar-refractivity contribution in [1.82, 2.24) is 0 Å². The van der Waals surface area contributed by atoms with E-state index in [-0.39, 0.29) is 11.4 Å². The molecule has 0 fully saturated rings. The molecule has 0 spiro atoms. The van der Waals surface area contributed by atoms with Gasteiger partial charge < -0.3 is 4.74 Å². The Balaban J connectivity index is 0.000000500. The maximum absolute atomic E-state index is 12.1. The fourth-order valence-corrected chi connectivity index (χ4v) is 3.11. The molecule has 1 radical (unpaired) electrons. The van der Waals surface area contributed by atoms with Gasteiger partial charge in [-0.3, -0.25) is 0 Å². The van der Waals surface area contributed by atoms with Crippen LogP contribution in [-0.4, -0.2) is 11.6 Å². The van der Waals surface area contributed by atoms with Gasteiger partial charge in [-0.25, -0.2) is 4.79 Å². The molecule has 3 rings (SSSR count). The van der Waals surface area contributed by atoms with Crippen LogP contribution < -0.4 is 0 Å². The largest absolute Gasteiger partial charge is 0.457 e. The zero-order chi connectivity index (χ0) is 21.1. The molecule has 2 aliphatic rings. The Bertz CT molecular complexity index is 765. The van der Waals surface area contributed by atoms with Crippen molar-refractivity contribution in [3.05, 3.63) is 58.5 Å². The summed E-state index contributed by atoms with van der Waals surface area (Å²) in [7, 11) is 0. The molecule has 2 nitrogen and oxygen atoms in total. The molecule has 0 saturated carbocycles. The molecule has 0 aromatic heterocycles. The summed E-state index contributed by atoms with van der Waals surface area (Å²) < 4.78 is 5.44. The maximum Gasteiger partial charge on any atom is 0.335 e. The van der Waals surface area contributed by atoms with E-state index in [1.807, 2.05) is 26.8 Å². The lowest BCUT2D eigenvalue weighted by molar-refractivity contribution is -0.149. The molecule has 2 heteroatoms.